The topological polar surface area (TPSA) is 111 Å². The molecule has 232 valence electrons. The van der Waals surface area contributed by atoms with Crippen LogP contribution in [-0.4, -0.2) is 67.0 Å². The minimum absolute atomic E-state index is 0.110. The molecule has 0 radical (unpaired) electrons. The number of carbonyl (C=O) groups excluding carboxylic acids is 1. The molecule has 3 aliphatic rings. The van der Waals surface area contributed by atoms with Crippen molar-refractivity contribution in [1.29, 1.82) is 0 Å². The third-order valence-corrected chi connectivity index (χ3v) is 9.37. The minimum atomic E-state index is -0.452. The van der Waals surface area contributed by atoms with Crippen LogP contribution in [-0.2, 0) is 25.6 Å². The smallest absolute Gasteiger partial charge is 0.338 e. The van der Waals surface area contributed by atoms with Gasteiger partial charge < -0.3 is 32.9 Å². The van der Waals surface area contributed by atoms with E-state index in [2.05, 4.69) is 10.1 Å². The molecule has 0 bridgehead atoms. The highest BCUT2D eigenvalue weighted by molar-refractivity contribution is 7.20. The lowest BCUT2D eigenvalue weighted by Crippen LogP contribution is -2.35. The van der Waals surface area contributed by atoms with Gasteiger partial charge >= 0.3 is 5.97 Å². The van der Waals surface area contributed by atoms with Crippen molar-refractivity contribution in [3.8, 4) is 22.2 Å². The number of thiazole rings is 1. The lowest BCUT2D eigenvalue weighted by Gasteiger charge is -2.17. The maximum atomic E-state index is 12.3. The van der Waals surface area contributed by atoms with Gasteiger partial charge in [0.2, 0.25) is 0 Å². The zero-order chi connectivity index (χ0) is 30.5. The molecule has 44 heavy (non-hydrogen) atoms. The van der Waals surface area contributed by atoms with Crippen LogP contribution < -0.4 is 9.47 Å². The summed E-state index contributed by atoms with van der Waals surface area (Å²) in [5.74, 6) is 1.17. The Morgan fingerprint density at radius 2 is 1.82 bits per heavy atom. The first kappa shape index (κ1) is 29.8. The van der Waals surface area contributed by atoms with E-state index in [1.807, 2.05) is 13.8 Å². The van der Waals surface area contributed by atoms with Gasteiger partial charge in [0.25, 0.3) is 5.19 Å². The van der Waals surface area contributed by atoms with Gasteiger partial charge in [0.1, 0.15) is 41.0 Å². The molecular weight excluding hydrogens is 631 g/mol. The van der Waals surface area contributed by atoms with E-state index in [1.54, 1.807) is 30.3 Å². The monoisotopic (exact) mass is 660 g/mol. The number of benzene rings is 2. The number of methoxy groups -OCH3 is 1. The van der Waals surface area contributed by atoms with Gasteiger partial charge in [0.15, 0.2) is 6.10 Å². The number of rotatable bonds is 10. The Kier molecular flexibility index (Phi) is 8.19. The van der Waals surface area contributed by atoms with Crippen LogP contribution in [0, 0.1) is 0 Å². The molecule has 13 heteroatoms. The number of nitrogens with zero attached hydrogens (tertiary/aromatic N) is 2. The summed E-state index contributed by atoms with van der Waals surface area (Å²) in [4.78, 5) is 16.9. The van der Waals surface area contributed by atoms with E-state index in [-0.39, 0.29) is 37.1 Å². The van der Waals surface area contributed by atoms with E-state index in [0.29, 0.717) is 62.5 Å². The van der Waals surface area contributed by atoms with E-state index < -0.39 is 5.97 Å². The lowest BCUT2D eigenvalue weighted by atomic mass is 10.0. The molecule has 0 N–H and O–H groups in total. The number of fused-ring (bicyclic) bond motifs is 2. The molecule has 0 unspecified atom stereocenters. The molecule has 10 nitrogen and oxygen atoms in total. The fourth-order valence-corrected chi connectivity index (χ4v) is 7.15. The van der Waals surface area contributed by atoms with Crippen LogP contribution in [0.2, 0.25) is 10.0 Å². The quantitative estimate of drug-likeness (QED) is 0.168. The maximum absolute atomic E-state index is 12.3. The molecule has 2 aromatic carbocycles. The summed E-state index contributed by atoms with van der Waals surface area (Å²) in [6.45, 7) is 4.73. The predicted molar refractivity (Wildman–Crippen MR) is 163 cm³/mol. The van der Waals surface area contributed by atoms with Gasteiger partial charge in [-0.05, 0) is 51.0 Å². The van der Waals surface area contributed by atoms with Crippen molar-refractivity contribution < 1.29 is 37.7 Å². The molecule has 7 rings (SSSR count). The Hall–Kier alpha value is -2.93. The standard InChI is InChI=1S/C31H30Cl2N2O8S/c1-14(2)41-20-9-16(30(36)37-3)10-23-26(20)34-31(44-23)42-22-13-40-28-21(12-39-29(22)28)38-11-17-25(35-43-27(17)15-7-8-15)24-18(32)5-4-6-19(24)33/h4-6,9-10,14-15,21-22,28-29H,7-8,11-13H2,1-3H3/t21-,22+,28-,29-/m1/s1. The fourth-order valence-electron chi connectivity index (χ4n) is 5.65. The molecule has 2 aliphatic heterocycles. The second-order valence-corrected chi connectivity index (χ2v) is 13.1. The molecular formula is C31H30Cl2N2O8S. The van der Waals surface area contributed by atoms with Gasteiger partial charge in [-0.1, -0.05) is 45.8 Å². The molecule has 3 fully saturated rings. The number of hydrogen-bond donors (Lipinski definition) is 0. The second kappa shape index (κ2) is 12.1. The number of ether oxygens (including phenoxy) is 6. The zero-order valence-electron chi connectivity index (χ0n) is 24.2. The van der Waals surface area contributed by atoms with Crippen LogP contribution in [0.3, 0.4) is 0 Å². The first-order valence-corrected chi connectivity index (χ1v) is 16.0. The number of aromatic nitrogens is 2. The first-order valence-electron chi connectivity index (χ1n) is 14.4. The first-order chi connectivity index (χ1) is 21.3. The molecule has 4 aromatic rings. The van der Waals surface area contributed by atoms with Gasteiger partial charge in [-0.25, -0.2) is 4.79 Å². The zero-order valence-corrected chi connectivity index (χ0v) is 26.5. The van der Waals surface area contributed by atoms with Gasteiger partial charge in [-0.2, -0.15) is 4.98 Å². The highest BCUT2D eigenvalue weighted by Crippen LogP contribution is 2.46. The van der Waals surface area contributed by atoms with E-state index in [1.165, 1.54) is 18.4 Å². The Morgan fingerprint density at radius 3 is 2.52 bits per heavy atom. The van der Waals surface area contributed by atoms with Gasteiger partial charge in [0.05, 0.1) is 53.3 Å². The number of esters is 1. The van der Waals surface area contributed by atoms with Gasteiger partial charge in [-0.3, -0.25) is 0 Å². The molecule has 4 heterocycles. The molecule has 1 saturated carbocycles. The van der Waals surface area contributed by atoms with Crippen LogP contribution in [0.15, 0.2) is 34.9 Å². The van der Waals surface area contributed by atoms with Crippen molar-refractivity contribution in [3.05, 3.63) is 57.3 Å². The maximum Gasteiger partial charge on any atom is 0.338 e. The normalized spacial score (nSPS) is 23.0. The van der Waals surface area contributed by atoms with Gasteiger partial charge in [0, 0.05) is 17.0 Å². The second-order valence-electron chi connectivity index (χ2n) is 11.3. The summed E-state index contributed by atoms with van der Waals surface area (Å²) < 4.78 is 42.4. The Bertz CT molecular complexity index is 1680. The van der Waals surface area contributed by atoms with Crippen LogP contribution in [0.25, 0.3) is 21.5 Å². The van der Waals surface area contributed by atoms with E-state index in [0.717, 1.165) is 28.9 Å². The van der Waals surface area contributed by atoms with Crippen LogP contribution in [0.5, 0.6) is 10.9 Å². The predicted octanol–water partition coefficient (Wildman–Crippen LogP) is 6.84. The Labute approximate surface area is 267 Å². The van der Waals surface area contributed by atoms with E-state index in [9.17, 15) is 4.79 Å². The SMILES string of the molecule is COC(=O)c1cc(OC(C)C)c2nc(O[C@H]3CO[C@H]4[C@@H]3OC[C@H]4OCc3c(-c4c(Cl)cccc4Cl)noc3C3CC3)sc2c1. The van der Waals surface area contributed by atoms with Crippen molar-refractivity contribution >= 4 is 50.7 Å². The molecule has 0 amide bonds. The van der Waals surface area contributed by atoms with Crippen LogP contribution in [0.1, 0.15) is 54.3 Å². The van der Waals surface area contributed by atoms with Crippen molar-refractivity contribution in [2.45, 2.75) is 69.7 Å². The van der Waals surface area contributed by atoms with E-state index >= 15 is 0 Å². The van der Waals surface area contributed by atoms with Gasteiger partial charge in [-0.15, -0.1) is 0 Å². The Morgan fingerprint density at radius 1 is 1.09 bits per heavy atom. The average Bonchev–Trinajstić information content (AvgIpc) is 3.29. The molecule has 0 spiro atoms. The molecule has 2 saturated heterocycles. The highest BCUT2D eigenvalue weighted by atomic mass is 35.5. The molecule has 4 atom stereocenters. The minimum Gasteiger partial charge on any atom is -0.489 e. The van der Waals surface area contributed by atoms with Crippen molar-refractivity contribution in [1.82, 2.24) is 10.1 Å². The van der Waals surface area contributed by atoms with Crippen molar-refractivity contribution in [2.24, 2.45) is 0 Å². The fraction of sp³-hybridized carbons (Fsp3) is 0.452. The summed E-state index contributed by atoms with van der Waals surface area (Å²) in [5, 5.41) is 5.78. The number of halogens is 2. The molecule has 2 aromatic heterocycles. The van der Waals surface area contributed by atoms with Crippen molar-refractivity contribution in [3.63, 3.8) is 0 Å². The summed E-state index contributed by atoms with van der Waals surface area (Å²) >= 11 is 14.4. The number of carbonyl (C=O) groups is 1. The summed E-state index contributed by atoms with van der Waals surface area (Å²) in [6.07, 6.45) is 0.591. The van der Waals surface area contributed by atoms with Crippen molar-refractivity contribution in [2.75, 3.05) is 20.3 Å². The van der Waals surface area contributed by atoms with E-state index in [4.69, 9.17) is 56.1 Å². The third kappa shape index (κ3) is 5.65. The molecule has 1 aliphatic carbocycles. The Balaban J connectivity index is 1.06. The lowest BCUT2D eigenvalue weighted by molar-refractivity contribution is -0.0428. The number of hydrogen-bond acceptors (Lipinski definition) is 11. The summed E-state index contributed by atoms with van der Waals surface area (Å²) in [6, 6.07) is 8.73. The third-order valence-electron chi connectivity index (χ3n) is 7.85. The average molecular weight is 662 g/mol. The van der Waals surface area contributed by atoms with Crippen LogP contribution >= 0.6 is 34.5 Å². The largest absolute Gasteiger partial charge is 0.489 e. The van der Waals surface area contributed by atoms with Crippen LogP contribution in [0.4, 0.5) is 0 Å². The summed E-state index contributed by atoms with van der Waals surface area (Å²) in [7, 11) is 1.34. The summed E-state index contributed by atoms with van der Waals surface area (Å²) in [5.41, 5.74) is 3.07. The highest BCUT2D eigenvalue weighted by Gasteiger charge is 2.50.